The third-order valence-electron chi connectivity index (χ3n) is 4.82. The fraction of sp³-hybridized carbons (Fsp3) is 0.562. The second-order valence-electron chi connectivity index (χ2n) is 6.73. The summed E-state index contributed by atoms with van der Waals surface area (Å²) in [5.74, 6) is 0.0489. The third-order valence-corrected chi connectivity index (χ3v) is 12.0. The van der Waals surface area contributed by atoms with Gasteiger partial charge in [-0.05, 0) is 28.9 Å². The second-order valence-corrected chi connectivity index (χ2v) is 12.8. The molecule has 0 unspecified atom stereocenters. The molecule has 0 radical (unpaired) electrons. The summed E-state index contributed by atoms with van der Waals surface area (Å²) in [5, 5.41) is 11.0. The Labute approximate surface area is 133 Å². The van der Waals surface area contributed by atoms with Crippen molar-refractivity contribution in [1.29, 1.82) is 0 Å². The van der Waals surface area contributed by atoms with Crippen LogP contribution in [0.2, 0.25) is 21.6 Å². The molecule has 0 saturated heterocycles. The first-order valence-electron chi connectivity index (χ1n) is 7.59. The topological polar surface area (TPSA) is 38.0 Å². The Morgan fingerprint density at radius 3 is 2.10 bits per heavy atom. The zero-order valence-corrected chi connectivity index (χ0v) is 15.4. The van der Waals surface area contributed by atoms with Gasteiger partial charge in [-0.25, -0.2) is 4.98 Å². The van der Waals surface area contributed by atoms with E-state index in [1.165, 1.54) is 6.20 Å². The molecular weight excluding hydrogens is 300 g/mol. The van der Waals surface area contributed by atoms with Crippen molar-refractivity contribution < 1.29 is 5.11 Å². The number of pyridine rings is 1. The van der Waals surface area contributed by atoms with E-state index in [-0.39, 0.29) is 5.75 Å². The molecule has 2 rings (SSSR count). The Morgan fingerprint density at radius 2 is 1.62 bits per heavy atom. The average Bonchev–Trinajstić information content (AvgIpc) is 2.78. The van der Waals surface area contributed by atoms with E-state index in [1.54, 1.807) is 0 Å². The van der Waals surface area contributed by atoms with Gasteiger partial charge in [-0.3, -0.25) is 0 Å². The Morgan fingerprint density at radius 1 is 1.10 bits per heavy atom. The predicted octanol–water partition coefficient (Wildman–Crippen LogP) is 5.42. The lowest BCUT2D eigenvalue weighted by Crippen LogP contribution is -2.51. The third kappa shape index (κ3) is 2.29. The van der Waals surface area contributed by atoms with Crippen molar-refractivity contribution in [3.63, 3.8) is 0 Å². The highest BCUT2D eigenvalue weighted by Gasteiger charge is 2.46. The van der Waals surface area contributed by atoms with Gasteiger partial charge in [0.15, 0.2) is 14.0 Å². The molecule has 3 nitrogen and oxygen atoms in total. The molecule has 2 aromatic rings. The van der Waals surface area contributed by atoms with Gasteiger partial charge in [0.05, 0.1) is 11.2 Å². The molecule has 0 bridgehead atoms. The maximum absolute atomic E-state index is 9.76. The number of aromatic hydroxyl groups is 1. The van der Waals surface area contributed by atoms with Crippen LogP contribution in [-0.4, -0.2) is 22.6 Å². The van der Waals surface area contributed by atoms with E-state index in [9.17, 15) is 5.11 Å². The summed E-state index contributed by atoms with van der Waals surface area (Å²) >= 11 is 6.24. The molecule has 2 heterocycles. The molecule has 116 valence electrons. The van der Waals surface area contributed by atoms with E-state index in [0.717, 1.165) is 11.0 Å². The zero-order chi connectivity index (χ0) is 15.9. The van der Waals surface area contributed by atoms with Gasteiger partial charge in [0.2, 0.25) is 0 Å². The Kier molecular flexibility index (Phi) is 4.40. The molecule has 0 aliphatic carbocycles. The van der Waals surface area contributed by atoms with Crippen LogP contribution in [0.1, 0.15) is 41.5 Å². The highest BCUT2D eigenvalue weighted by molar-refractivity contribution is 6.82. The fourth-order valence-corrected chi connectivity index (χ4v) is 10.9. The van der Waals surface area contributed by atoms with Crippen LogP contribution in [-0.2, 0) is 0 Å². The first-order valence-corrected chi connectivity index (χ1v) is 10.1. The molecule has 2 aromatic heterocycles. The molecule has 0 amide bonds. The van der Waals surface area contributed by atoms with E-state index in [1.807, 2.05) is 6.07 Å². The van der Waals surface area contributed by atoms with Crippen LogP contribution in [0.3, 0.4) is 0 Å². The summed E-state index contributed by atoms with van der Waals surface area (Å²) < 4.78 is 2.40. The van der Waals surface area contributed by atoms with E-state index in [0.29, 0.717) is 21.6 Å². The van der Waals surface area contributed by atoms with Crippen LogP contribution in [0.5, 0.6) is 5.75 Å². The van der Waals surface area contributed by atoms with Gasteiger partial charge in [0, 0.05) is 5.39 Å². The van der Waals surface area contributed by atoms with Crippen LogP contribution in [0.15, 0.2) is 18.5 Å². The van der Waals surface area contributed by atoms with Gasteiger partial charge in [0.1, 0.15) is 5.65 Å². The molecule has 1 N–H and O–H groups in total. The van der Waals surface area contributed by atoms with E-state index in [2.05, 4.69) is 57.0 Å². The average molecular weight is 325 g/mol. The molecule has 0 aliphatic heterocycles. The van der Waals surface area contributed by atoms with Gasteiger partial charge in [-0.2, -0.15) is 0 Å². The maximum atomic E-state index is 9.76. The smallest absolute Gasteiger partial charge is 0.171 e. The minimum absolute atomic E-state index is 0.0489. The van der Waals surface area contributed by atoms with Crippen LogP contribution >= 0.6 is 11.6 Å². The summed E-state index contributed by atoms with van der Waals surface area (Å²) in [4.78, 5) is 4.48. The van der Waals surface area contributed by atoms with Crippen LogP contribution in [0.25, 0.3) is 11.0 Å². The molecule has 0 aromatic carbocycles. The summed E-state index contributed by atoms with van der Waals surface area (Å²) in [6.07, 6.45) is 3.58. The minimum atomic E-state index is -1.84. The number of hydrogen-bond donors (Lipinski definition) is 1. The van der Waals surface area contributed by atoms with Crippen molar-refractivity contribution >= 4 is 30.9 Å². The first kappa shape index (κ1) is 16.4. The fourth-order valence-electron chi connectivity index (χ4n) is 4.19. The number of aromatic nitrogens is 2. The lowest BCUT2D eigenvalue weighted by atomic mass is 10.3. The standard InChI is InChI=1S/C16H25ClN2OSi/c1-10(2)21(11(3)4,12(5)6)19-8-7-13-15(17)14(20)9-18-16(13)19/h7-12,20H,1-6H3. The molecule has 0 aliphatic rings. The highest BCUT2D eigenvalue weighted by atomic mass is 35.5. The molecule has 21 heavy (non-hydrogen) atoms. The SMILES string of the molecule is CC(C)[Si](C(C)C)(C(C)C)n1ccc2c(Cl)c(O)cnc21. The predicted molar refractivity (Wildman–Crippen MR) is 92.9 cm³/mol. The maximum Gasteiger partial charge on any atom is 0.171 e. The largest absolute Gasteiger partial charge is 0.505 e. The lowest BCUT2D eigenvalue weighted by Gasteiger charge is -2.44. The van der Waals surface area contributed by atoms with Crippen LogP contribution in [0.4, 0.5) is 0 Å². The molecule has 0 saturated carbocycles. The monoisotopic (exact) mass is 324 g/mol. The van der Waals surface area contributed by atoms with Crippen molar-refractivity contribution in [2.75, 3.05) is 0 Å². The Hall–Kier alpha value is -1.00. The van der Waals surface area contributed by atoms with Crippen molar-refractivity contribution in [3.05, 3.63) is 23.5 Å². The summed E-state index contributed by atoms with van der Waals surface area (Å²) in [6, 6.07) is 1.99. The molecule has 0 fully saturated rings. The van der Waals surface area contributed by atoms with Crippen molar-refractivity contribution in [1.82, 2.24) is 9.22 Å². The highest BCUT2D eigenvalue weighted by Crippen LogP contribution is 2.44. The molecule has 5 heteroatoms. The summed E-state index contributed by atoms with van der Waals surface area (Å²) in [7, 11) is -1.84. The molecule has 0 atom stereocenters. The Bertz CT molecular complexity index is 627. The van der Waals surface area contributed by atoms with Gasteiger partial charge < -0.3 is 9.34 Å². The number of hydrogen-bond acceptors (Lipinski definition) is 2. The number of fused-ring (bicyclic) bond motifs is 1. The van der Waals surface area contributed by atoms with Crippen molar-refractivity contribution in [2.45, 2.75) is 58.2 Å². The van der Waals surface area contributed by atoms with Crippen LogP contribution in [0, 0.1) is 0 Å². The van der Waals surface area contributed by atoms with E-state index >= 15 is 0 Å². The van der Waals surface area contributed by atoms with E-state index in [4.69, 9.17) is 11.6 Å². The van der Waals surface area contributed by atoms with Gasteiger partial charge >= 0.3 is 0 Å². The lowest BCUT2D eigenvalue weighted by molar-refractivity contribution is 0.474. The minimum Gasteiger partial charge on any atom is -0.505 e. The van der Waals surface area contributed by atoms with Crippen LogP contribution < -0.4 is 0 Å². The number of nitrogens with zero attached hydrogens (tertiary/aromatic N) is 2. The molecular formula is C16H25ClN2OSi. The van der Waals surface area contributed by atoms with Crippen molar-refractivity contribution in [2.24, 2.45) is 0 Å². The number of rotatable bonds is 4. The second kappa shape index (κ2) is 5.65. The van der Waals surface area contributed by atoms with Crippen molar-refractivity contribution in [3.8, 4) is 5.75 Å². The molecule has 0 spiro atoms. The van der Waals surface area contributed by atoms with Gasteiger partial charge in [-0.1, -0.05) is 53.1 Å². The summed E-state index contributed by atoms with van der Waals surface area (Å²) in [6.45, 7) is 13.9. The first-order chi connectivity index (χ1) is 9.74. The van der Waals surface area contributed by atoms with E-state index < -0.39 is 8.24 Å². The zero-order valence-electron chi connectivity index (χ0n) is 13.7. The summed E-state index contributed by atoms with van der Waals surface area (Å²) in [5.41, 5.74) is 2.66. The van der Waals surface area contributed by atoms with Gasteiger partial charge in [-0.15, -0.1) is 0 Å². The normalized spacial score (nSPS) is 13.0. The number of halogens is 1. The van der Waals surface area contributed by atoms with Gasteiger partial charge in [0.25, 0.3) is 0 Å². The quantitative estimate of drug-likeness (QED) is 0.762. The Balaban J connectivity index is 2.81.